The van der Waals surface area contributed by atoms with E-state index in [1.165, 1.54) is 24.3 Å². The van der Waals surface area contributed by atoms with Crippen molar-refractivity contribution >= 4 is 46.1 Å². The zero-order valence-electron chi connectivity index (χ0n) is 18.2. The molecule has 2 heterocycles. The summed E-state index contributed by atoms with van der Waals surface area (Å²) < 4.78 is 10.7. The summed E-state index contributed by atoms with van der Waals surface area (Å²) in [6, 6.07) is 11.6. The minimum atomic E-state index is -1.05. The number of benzene rings is 2. The number of amidine groups is 1. The van der Waals surface area contributed by atoms with Gasteiger partial charge in [0.1, 0.15) is 5.25 Å². The van der Waals surface area contributed by atoms with Crippen LogP contribution in [-0.2, 0) is 16.0 Å². The van der Waals surface area contributed by atoms with Gasteiger partial charge in [0, 0.05) is 17.8 Å². The van der Waals surface area contributed by atoms with Gasteiger partial charge in [-0.25, -0.2) is 4.79 Å². The van der Waals surface area contributed by atoms with Crippen LogP contribution in [-0.4, -0.2) is 45.8 Å². The smallest absolute Gasteiger partial charge is 0.335 e. The van der Waals surface area contributed by atoms with Crippen molar-refractivity contribution in [2.24, 2.45) is 10.2 Å². The molecule has 0 aromatic heterocycles. The van der Waals surface area contributed by atoms with Gasteiger partial charge < -0.3 is 25.2 Å². The monoisotopic (exact) mass is 482 g/mol. The van der Waals surface area contributed by atoms with Crippen LogP contribution in [0.2, 0.25) is 0 Å². The molecule has 2 amide bonds. The van der Waals surface area contributed by atoms with Crippen molar-refractivity contribution in [3.05, 3.63) is 53.6 Å². The molecule has 1 saturated heterocycles. The maximum absolute atomic E-state index is 12.6. The van der Waals surface area contributed by atoms with E-state index in [9.17, 15) is 14.4 Å². The van der Waals surface area contributed by atoms with E-state index in [-0.39, 0.29) is 35.8 Å². The van der Waals surface area contributed by atoms with Crippen molar-refractivity contribution in [3.63, 3.8) is 0 Å². The van der Waals surface area contributed by atoms with Gasteiger partial charge in [0.15, 0.2) is 16.7 Å². The van der Waals surface area contributed by atoms with E-state index >= 15 is 0 Å². The maximum Gasteiger partial charge on any atom is 0.335 e. The highest BCUT2D eigenvalue weighted by Crippen LogP contribution is 2.32. The Morgan fingerprint density at radius 2 is 1.94 bits per heavy atom. The average molecular weight is 483 g/mol. The summed E-state index contributed by atoms with van der Waals surface area (Å²) >= 11 is 1.11. The van der Waals surface area contributed by atoms with Crippen molar-refractivity contribution in [1.29, 1.82) is 0 Å². The zero-order chi connectivity index (χ0) is 24.1. The third-order valence-electron chi connectivity index (χ3n) is 5.09. The lowest BCUT2D eigenvalue weighted by Gasteiger charge is -2.21. The summed E-state index contributed by atoms with van der Waals surface area (Å²) in [5, 5.41) is 22.2. The highest BCUT2D eigenvalue weighted by molar-refractivity contribution is 8.15. The van der Waals surface area contributed by atoms with Gasteiger partial charge in [0.2, 0.25) is 18.6 Å². The molecule has 0 aliphatic carbocycles. The number of anilines is 1. The first kappa shape index (κ1) is 23.3. The van der Waals surface area contributed by atoms with Crippen LogP contribution in [0.3, 0.4) is 0 Å². The number of carbonyl (C=O) groups excluding carboxylic acids is 2. The third kappa shape index (κ3) is 5.93. The predicted octanol–water partition coefficient (Wildman–Crippen LogP) is 3.04. The normalized spacial score (nSPS) is 18.5. The van der Waals surface area contributed by atoms with Crippen molar-refractivity contribution in [2.45, 2.75) is 31.4 Å². The third-order valence-corrected chi connectivity index (χ3v) is 6.16. The molecule has 34 heavy (non-hydrogen) atoms. The maximum atomic E-state index is 12.6. The lowest BCUT2D eigenvalue weighted by molar-refractivity contribution is -0.123. The molecule has 0 bridgehead atoms. The number of aryl methyl sites for hydroxylation is 1. The first-order valence-electron chi connectivity index (χ1n) is 10.5. The molecule has 176 valence electrons. The fourth-order valence-corrected chi connectivity index (χ4v) is 4.19. The molecule has 3 N–H and O–H groups in total. The molecule has 0 spiro atoms. The summed E-state index contributed by atoms with van der Waals surface area (Å²) in [5.74, 6) is -0.284. The molecule has 1 atom stereocenters. The fraction of sp³-hybridized carbons (Fsp3) is 0.261. The number of aromatic carboxylic acids is 1. The highest BCUT2D eigenvalue weighted by Gasteiger charge is 2.30. The van der Waals surface area contributed by atoms with Crippen LogP contribution in [0.5, 0.6) is 11.5 Å². The number of carboxylic acids is 1. The second kappa shape index (κ2) is 10.4. The predicted molar refractivity (Wildman–Crippen MR) is 128 cm³/mol. The number of hydrogen-bond acceptors (Lipinski definition) is 8. The summed E-state index contributed by atoms with van der Waals surface area (Å²) in [5.41, 5.74) is 2.41. The lowest BCUT2D eigenvalue weighted by Crippen LogP contribution is -2.41. The van der Waals surface area contributed by atoms with Crippen molar-refractivity contribution < 1.29 is 29.0 Å². The number of carbonyl (C=O) groups is 3. The summed E-state index contributed by atoms with van der Waals surface area (Å²) in [4.78, 5) is 35.7. The minimum absolute atomic E-state index is 0.00442. The Balaban J connectivity index is 1.33. The van der Waals surface area contributed by atoms with E-state index in [4.69, 9.17) is 14.6 Å². The van der Waals surface area contributed by atoms with Gasteiger partial charge in [-0.15, -0.1) is 5.10 Å². The molecule has 1 fully saturated rings. The molecule has 11 heteroatoms. The fourth-order valence-electron chi connectivity index (χ4n) is 3.26. The van der Waals surface area contributed by atoms with E-state index < -0.39 is 11.2 Å². The summed E-state index contributed by atoms with van der Waals surface area (Å²) in [6.07, 6.45) is 1.39. The number of nitrogens with one attached hydrogen (secondary N) is 2. The topological polar surface area (TPSA) is 139 Å². The molecule has 0 saturated carbocycles. The van der Waals surface area contributed by atoms with Crippen LogP contribution in [0.1, 0.15) is 35.7 Å². The van der Waals surface area contributed by atoms with Gasteiger partial charge >= 0.3 is 5.97 Å². The molecular weight excluding hydrogens is 460 g/mol. The first-order chi connectivity index (χ1) is 16.4. The zero-order valence-corrected chi connectivity index (χ0v) is 19.1. The molecule has 4 rings (SSSR count). The summed E-state index contributed by atoms with van der Waals surface area (Å²) in [6.45, 7) is 2.08. The van der Waals surface area contributed by atoms with E-state index in [0.29, 0.717) is 12.1 Å². The second-order valence-electron chi connectivity index (χ2n) is 7.66. The molecule has 2 aromatic carbocycles. The number of rotatable bonds is 7. The van der Waals surface area contributed by atoms with Crippen molar-refractivity contribution in [2.75, 3.05) is 12.1 Å². The minimum Gasteiger partial charge on any atom is -0.478 e. The van der Waals surface area contributed by atoms with Crippen LogP contribution in [0.4, 0.5) is 5.69 Å². The first-order valence-corrected chi connectivity index (χ1v) is 11.4. The van der Waals surface area contributed by atoms with Crippen LogP contribution >= 0.6 is 11.8 Å². The van der Waals surface area contributed by atoms with Gasteiger partial charge in [-0.05, 0) is 61.7 Å². The number of thioether (sulfide) groups is 1. The number of ether oxygens (including phenoxy) is 2. The standard InChI is InChI=1S/C23H22N4O6S/c1-13(2-3-14-4-9-17-18(10-14)33-12-32-17)26-27-23-25-20(28)11-19(34-23)21(29)24-16-7-5-15(6-8-16)22(30)31/h4-10,19H,2-3,11-12H2,1H3,(H,24,29)(H,30,31)(H,25,27,28)/b26-13+. The number of amides is 2. The van der Waals surface area contributed by atoms with Crippen LogP contribution in [0, 0.1) is 0 Å². The van der Waals surface area contributed by atoms with Gasteiger partial charge in [-0.1, -0.05) is 17.8 Å². The molecule has 2 aliphatic rings. The largest absolute Gasteiger partial charge is 0.478 e. The van der Waals surface area contributed by atoms with E-state index in [2.05, 4.69) is 20.8 Å². The van der Waals surface area contributed by atoms with E-state index in [1.807, 2.05) is 25.1 Å². The molecule has 10 nitrogen and oxygen atoms in total. The molecule has 1 unspecified atom stereocenters. The van der Waals surface area contributed by atoms with Crippen molar-refractivity contribution in [3.8, 4) is 11.5 Å². The Bertz CT molecular complexity index is 1180. The highest BCUT2D eigenvalue weighted by atomic mass is 32.2. The molecule has 0 radical (unpaired) electrons. The Morgan fingerprint density at radius 3 is 2.71 bits per heavy atom. The summed E-state index contributed by atoms with van der Waals surface area (Å²) in [7, 11) is 0. The molecule has 2 aliphatic heterocycles. The number of fused-ring (bicyclic) bond motifs is 1. The number of nitrogens with zero attached hydrogens (tertiary/aromatic N) is 2. The molecule has 2 aromatic rings. The lowest BCUT2D eigenvalue weighted by atomic mass is 10.1. The van der Waals surface area contributed by atoms with Gasteiger partial charge in [0.25, 0.3) is 0 Å². The van der Waals surface area contributed by atoms with E-state index in [1.54, 1.807) is 0 Å². The van der Waals surface area contributed by atoms with Crippen molar-refractivity contribution in [1.82, 2.24) is 5.32 Å². The number of carboxylic acid groups (broad SMARTS) is 1. The Labute approximate surface area is 199 Å². The Morgan fingerprint density at radius 1 is 1.18 bits per heavy atom. The Hall–Kier alpha value is -3.86. The number of hydrogen-bond donors (Lipinski definition) is 3. The Kier molecular flexibility index (Phi) is 7.12. The molecular formula is C23H22N4O6S. The van der Waals surface area contributed by atoms with Crippen LogP contribution in [0.15, 0.2) is 52.7 Å². The van der Waals surface area contributed by atoms with Gasteiger partial charge in [-0.3, -0.25) is 9.59 Å². The second-order valence-corrected chi connectivity index (χ2v) is 8.85. The van der Waals surface area contributed by atoms with E-state index in [0.717, 1.165) is 41.0 Å². The SMILES string of the molecule is C/C(CCc1ccc2c(c1)OCO2)=N\N=C1NC(=O)CC(C(=O)Nc2ccc(C(=O)O)cc2)S1. The van der Waals surface area contributed by atoms with Crippen LogP contribution in [0.25, 0.3) is 0 Å². The van der Waals surface area contributed by atoms with Gasteiger partial charge in [0.05, 0.1) is 5.56 Å². The average Bonchev–Trinajstić information content (AvgIpc) is 3.29. The quantitative estimate of drug-likeness (QED) is 0.407. The van der Waals surface area contributed by atoms with Gasteiger partial charge in [-0.2, -0.15) is 5.10 Å². The van der Waals surface area contributed by atoms with Crippen LogP contribution < -0.4 is 20.1 Å².